The van der Waals surface area contributed by atoms with Gasteiger partial charge in [0.25, 0.3) is 0 Å². The van der Waals surface area contributed by atoms with E-state index in [0.717, 1.165) is 19.2 Å². The lowest BCUT2D eigenvalue weighted by Crippen LogP contribution is -2.44. The highest BCUT2D eigenvalue weighted by Crippen LogP contribution is 2.44. The number of benzene rings is 3. The zero-order valence-corrected chi connectivity index (χ0v) is 22.5. The van der Waals surface area contributed by atoms with Gasteiger partial charge in [-0.05, 0) is 49.0 Å². The molecule has 5 rings (SSSR count). The molecule has 0 saturated carbocycles. The van der Waals surface area contributed by atoms with Gasteiger partial charge in [0.05, 0.1) is 17.8 Å². The molecule has 0 aliphatic carbocycles. The van der Waals surface area contributed by atoms with Crippen molar-refractivity contribution in [1.82, 2.24) is 9.47 Å². The highest BCUT2D eigenvalue weighted by Gasteiger charge is 2.24. The number of fused-ring (bicyclic) bond motifs is 1. The Morgan fingerprint density at radius 2 is 1.70 bits per heavy atom. The second kappa shape index (κ2) is 11.2. The monoisotopic (exact) mass is 567 g/mol. The summed E-state index contributed by atoms with van der Waals surface area (Å²) in [4.78, 5) is 38.9. The second-order valence-electron chi connectivity index (χ2n) is 9.47. The lowest BCUT2D eigenvalue weighted by atomic mass is 10.1. The number of aromatic nitrogens is 1. The first-order valence-corrected chi connectivity index (χ1v) is 14.0. The van der Waals surface area contributed by atoms with E-state index in [9.17, 15) is 24.2 Å². The largest absolute Gasteiger partial charge is 0.527 e. The smallest absolute Gasteiger partial charge is 0.477 e. The van der Waals surface area contributed by atoms with Gasteiger partial charge in [-0.25, -0.2) is 13.8 Å². The van der Waals surface area contributed by atoms with E-state index in [1.807, 2.05) is 18.0 Å². The molecule has 1 unspecified atom stereocenters. The van der Waals surface area contributed by atoms with Crippen molar-refractivity contribution in [3.8, 4) is 11.4 Å². The summed E-state index contributed by atoms with van der Waals surface area (Å²) in [6, 6.07) is 17.4. The number of hydrogen-bond donors (Lipinski definition) is 2. The summed E-state index contributed by atoms with van der Waals surface area (Å²) in [5.41, 5.74) is 0.441. The Hall–Kier alpha value is -4.02. The minimum absolute atomic E-state index is 0.0376. The van der Waals surface area contributed by atoms with Crippen LogP contribution in [0.15, 0.2) is 77.7 Å². The Balaban J connectivity index is 1.48. The standard InChI is InChI=1S/C28H27FN3O7P/c1-30-11-13-31(14-12-30)26-16-25-22(15-24(26)29)27(33)23(28(34)35)17-32(25)20-7-9-21(10-8-20)39-40(36,37)38-18-19-5-3-2-4-6-19/h2-10,15-17H,11-14,18H2,1H3,(H,34,35)(H,36,37). The van der Waals surface area contributed by atoms with Crippen LogP contribution in [0.1, 0.15) is 15.9 Å². The normalized spacial score (nSPS) is 15.6. The highest BCUT2D eigenvalue weighted by molar-refractivity contribution is 7.47. The van der Waals surface area contributed by atoms with Crippen molar-refractivity contribution in [3.63, 3.8) is 0 Å². The molecule has 2 heterocycles. The fourth-order valence-electron chi connectivity index (χ4n) is 4.55. The molecule has 1 aromatic heterocycles. The van der Waals surface area contributed by atoms with Gasteiger partial charge in [-0.1, -0.05) is 30.3 Å². The van der Waals surface area contributed by atoms with Crippen molar-refractivity contribution >= 4 is 30.4 Å². The fraction of sp³-hybridized carbons (Fsp3) is 0.214. The van der Waals surface area contributed by atoms with Gasteiger partial charge in [-0.2, -0.15) is 0 Å². The molecular formula is C28H27FN3O7P. The molecule has 0 spiro atoms. The Bertz CT molecular complexity index is 1650. The van der Waals surface area contributed by atoms with Crippen LogP contribution in [0.25, 0.3) is 16.6 Å². The van der Waals surface area contributed by atoms with Gasteiger partial charge in [0.1, 0.15) is 17.1 Å². The van der Waals surface area contributed by atoms with E-state index in [2.05, 4.69) is 4.90 Å². The molecule has 208 valence electrons. The number of phosphoric acid groups is 1. The molecule has 10 nitrogen and oxygen atoms in total. The van der Waals surface area contributed by atoms with Crippen molar-refractivity contribution in [2.75, 3.05) is 38.1 Å². The summed E-state index contributed by atoms with van der Waals surface area (Å²) >= 11 is 0. The van der Waals surface area contributed by atoms with Crippen molar-refractivity contribution < 1.29 is 32.8 Å². The topological polar surface area (TPSA) is 122 Å². The number of piperazine rings is 1. The van der Waals surface area contributed by atoms with Crippen LogP contribution in [0.2, 0.25) is 0 Å². The predicted molar refractivity (Wildman–Crippen MR) is 148 cm³/mol. The molecular weight excluding hydrogens is 540 g/mol. The number of anilines is 1. The summed E-state index contributed by atoms with van der Waals surface area (Å²) < 4.78 is 39.4. The number of phosphoric ester groups is 1. The minimum atomic E-state index is -4.44. The average molecular weight is 568 g/mol. The molecule has 0 bridgehead atoms. The number of halogens is 1. The second-order valence-corrected chi connectivity index (χ2v) is 10.8. The fourth-order valence-corrected chi connectivity index (χ4v) is 5.30. The summed E-state index contributed by atoms with van der Waals surface area (Å²) in [5, 5.41) is 9.56. The van der Waals surface area contributed by atoms with E-state index >= 15 is 4.39 Å². The number of aromatic carboxylic acids is 1. The SMILES string of the molecule is CN1CCN(c2cc3c(cc2F)c(=O)c(C(=O)O)cn3-c2ccc(OP(=O)(O)OCc3ccccc3)cc2)CC1. The molecule has 1 atom stereocenters. The van der Waals surface area contributed by atoms with Gasteiger partial charge in [0.15, 0.2) is 0 Å². The molecule has 0 amide bonds. The van der Waals surface area contributed by atoms with E-state index in [1.165, 1.54) is 35.0 Å². The third-order valence-electron chi connectivity index (χ3n) is 6.72. The van der Waals surface area contributed by atoms with Crippen LogP contribution >= 0.6 is 7.82 Å². The summed E-state index contributed by atoms with van der Waals surface area (Å²) in [6.07, 6.45) is 1.19. The minimum Gasteiger partial charge on any atom is -0.477 e. The number of hydrogen-bond acceptors (Lipinski definition) is 7. The van der Waals surface area contributed by atoms with E-state index in [1.54, 1.807) is 30.3 Å². The van der Waals surface area contributed by atoms with Crippen LogP contribution in [-0.2, 0) is 15.7 Å². The molecule has 1 fully saturated rings. The van der Waals surface area contributed by atoms with Gasteiger partial charge >= 0.3 is 13.8 Å². The number of likely N-dealkylation sites (N-methyl/N-ethyl adjacent to an activating group) is 1. The van der Waals surface area contributed by atoms with Crippen LogP contribution in [0.4, 0.5) is 10.1 Å². The van der Waals surface area contributed by atoms with Crippen molar-refractivity contribution in [3.05, 3.63) is 100 Å². The van der Waals surface area contributed by atoms with Gasteiger partial charge in [-0.3, -0.25) is 14.2 Å². The Kier molecular flexibility index (Phi) is 7.73. The number of carbonyl (C=O) groups is 1. The van der Waals surface area contributed by atoms with Crippen LogP contribution in [0.3, 0.4) is 0 Å². The van der Waals surface area contributed by atoms with Gasteiger partial charge in [0.2, 0.25) is 5.43 Å². The maximum absolute atomic E-state index is 15.2. The zero-order chi connectivity index (χ0) is 28.4. The maximum atomic E-state index is 15.2. The first-order chi connectivity index (χ1) is 19.1. The first-order valence-electron chi connectivity index (χ1n) is 12.5. The van der Waals surface area contributed by atoms with Crippen LogP contribution in [0.5, 0.6) is 5.75 Å². The summed E-state index contributed by atoms with van der Waals surface area (Å²) in [5.74, 6) is -2.02. The van der Waals surface area contributed by atoms with Crippen LogP contribution < -0.4 is 14.9 Å². The molecule has 4 aromatic rings. The molecule has 1 aliphatic rings. The quantitative estimate of drug-likeness (QED) is 0.301. The third-order valence-corrected chi connectivity index (χ3v) is 7.62. The number of carboxylic acid groups (broad SMARTS) is 1. The maximum Gasteiger partial charge on any atom is 0.527 e. The lowest BCUT2D eigenvalue weighted by molar-refractivity contribution is 0.0695. The lowest BCUT2D eigenvalue weighted by Gasteiger charge is -2.34. The molecule has 12 heteroatoms. The Morgan fingerprint density at radius 1 is 1.02 bits per heavy atom. The Morgan fingerprint density at radius 3 is 2.35 bits per heavy atom. The van der Waals surface area contributed by atoms with Gasteiger partial charge < -0.3 is 24.0 Å². The molecule has 1 saturated heterocycles. The number of rotatable bonds is 8. The zero-order valence-electron chi connectivity index (χ0n) is 21.6. The summed E-state index contributed by atoms with van der Waals surface area (Å²) in [6.45, 7) is 2.55. The van der Waals surface area contributed by atoms with Crippen LogP contribution in [-0.4, -0.2) is 58.7 Å². The molecule has 3 aromatic carbocycles. The number of nitrogens with zero attached hydrogens (tertiary/aromatic N) is 3. The number of pyridine rings is 1. The highest BCUT2D eigenvalue weighted by atomic mass is 31.2. The predicted octanol–water partition coefficient (Wildman–Crippen LogP) is 4.28. The van der Waals surface area contributed by atoms with Crippen LogP contribution in [0, 0.1) is 5.82 Å². The van der Waals surface area contributed by atoms with E-state index in [0.29, 0.717) is 35.5 Å². The molecule has 0 radical (unpaired) electrons. The molecule has 2 N–H and O–H groups in total. The molecule has 1 aliphatic heterocycles. The Labute approximate surface area is 229 Å². The first kappa shape index (κ1) is 27.5. The van der Waals surface area contributed by atoms with Gasteiger partial charge in [-0.15, -0.1) is 0 Å². The van der Waals surface area contributed by atoms with Crippen molar-refractivity contribution in [2.24, 2.45) is 0 Å². The van der Waals surface area contributed by atoms with E-state index in [4.69, 9.17) is 9.05 Å². The average Bonchev–Trinajstić information content (AvgIpc) is 2.93. The van der Waals surface area contributed by atoms with Gasteiger partial charge in [0, 0.05) is 43.4 Å². The van der Waals surface area contributed by atoms with Crippen molar-refractivity contribution in [1.29, 1.82) is 0 Å². The number of carboxylic acids is 1. The van der Waals surface area contributed by atoms with E-state index < -0.39 is 30.6 Å². The summed E-state index contributed by atoms with van der Waals surface area (Å²) in [7, 11) is -2.46. The van der Waals surface area contributed by atoms with Crippen molar-refractivity contribution in [2.45, 2.75) is 6.61 Å². The van der Waals surface area contributed by atoms with E-state index in [-0.39, 0.29) is 17.7 Å². The molecule has 40 heavy (non-hydrogen) atoms. The third kappa shape index (κ3) is 5.93.